The molecule has 0 aromatic carbocycles. The Labute approximate surface area is 118 Å². The van der Waals surface area contributed by atoms with Crippen molar-refractivity contribution in [2.75, 3.05) is 0 Å². The molecule has 0 amide bonds. The van der Waals surface area contributed by atoms with Crippen LogP contribution in [-0.2, 0) is 0 Å². The molecule has 0 N–H and O–H groups in total. The van der Waals surface area contributed by atoms with Crippen LogP contribution in [0.25, 0.3) is 0 Å². The molecular formula is C19H26. The second-order valence-corrected chi connectivity index (χ2v) is 6.18. The second-order valence-electron chi connectivity index (χ2n) is 6.18. The molecule has 2 aliphatic carbocycles. The predicted molar refractivity (Wildman–Crippen MR) is 85.0 cm³/mol. The summed E-state index contributed by atoms with van der Waals surface area (Å²) in [5, 5.41) is 0. The summed E-state index contributed by atoms with van der Waals surface area (Å²) in [6, 6.07) is 0. The minimum atomic E-state index is 0.619. The van der Waals surface area contributed by atoms with E-state index in [0.717, 1.165) is 12.8 Å². The molecule has 2 unspecified atom stereocenters. The molecule has 0 heterocycles. The number of rotatable bonds is 0. The van der Waals surface area contributed by atoms with Gasteiger partial charge in [0.05, 0.1) is 0 Å². The topological polar surface area (TPSA) is 0 Å². The van der Waals surface area contributed by atoms with Crippen LogP contribution >= 0.6 is 0 Å². The van der Waals surface area contributed by atoms with Crippen molar-refractivity contribution in [3.05, 3.63) is 59.3 Å². The van der Waals surface area contributed by atoms with E-state index in [1.807, 2.05) is 0 Å². The zero-order chi connectivity index (χ0) is 13.8. The van der Waals surface area contributed by atoms with Crippen LogP contribution in [0.4, 0.5) is 0 Å². The van der Waals surface area contributed by atoms with Crippen molar-refractivity contribution in [1.29, 1.82) is 0 Å². The van der Waals surface area contributed by atoms with Crippen LogP contribution in [0.1, 0.15) is 46.5 Å². The van der Waals surface area contributed by atoms with Gasteiger partial charge in [0.15, 0.2) is 0 Å². The van der Waals surface area contributed by atoms with Gasteiger partial charge in [-0.05, 0) is 50.0 Å². The molecule has 2 atom stereocenters. The average molecular weight is 254 g/mol. The average Bonchev–Trinajstić information content (AvgIpc) is 2.51. The summed E-state index contributed by atoms with van der Waals surface area (Å²) in [5.74, 6) is 1.32. The van der Waals surface area contributed by atoms with Gasteiger partial charge < -0.3 is 0 Å². The highest BCUT2D eigenvalue weighted by molar-refractivity contribution is 5.36. The summed E-state index contributed by atoms with van der Waals surface area (Å²) < 4.78 is 0. The zero-order valence-corrected chi connectivity index (χ0v) is 12.6. The molecule has 0 heteroatoms. The van der Waals surface area contributed by atoms with Gasteiger partial charge in [0, 0.05) is 0 Å². The molecule has 0 nitrogen and oxygen atoms in total. The third kappa shape index (κ3) is 3.83. The van der Waals surface area contributed by atoms with E-state index in [1.54, 1.807) is 5.57 Å². The quantitative estimate of drug-likeness (QED) is 0.515. The summed E-state index contributed by atoms with van der Waals surface area (Å²) in [7, 11) is 0. The number of hydrogen-bond donors (Lipinski definition) is 0. The first-order valence-corrected chi connectivity index (χ1v) is 7.49. The Balaban J connectivity index is 2.34. The largest absolute Gasteiger partial charge is 0.0958 e. The summed E-state index contributed by atoms with van der Waals surface area (Å²) >= 11 is 0. The van der Waals surface area contributed by atoms with Gasteiger partial charge in [-0.25, -0.2) is 0 Å². The molecule has 102 valence electrons. The number of allylic oxidation sites excluding steroid dienone is 9. The Morgan fingerprint density at radius 3 is 2.79 bits per heavy atom. The monoisotopic (exact) mass is 254 g/mol. The Bertz CT molecular complexity index is 468. The standard InChI is InChI=1S/C19H26/c1-14-8-10-18-7-5-6-15(2)12-16(3)13-17(4)19(18)11-9-14/h5-6,8,10,12,14,17H,3,7,9,11,13H2,1-2,4H3/b6-5-,15-12-. The SMILES string of the molecule is C=C1/C=C(C)\C=C/CC2=C(CCC(C)C=C2)C(C)C1. The van der Waals surface area contributed by atoms with Gasteiger partial charge in [0.25, 0.3) is 0 Å². The first kappa shape index (κ1) is 14.1. The summed E-state index contributed by atoms with van der Waals surface area (Å²) in [6.07, 6.45) is 16.2. The van der Waals surface area contributed by atoms with E-state index in [-0.39, 0.29) is 0 Å². The molecule has 0 aliphatic heterocycles. The van der Waals surface area contributed by atoms with Crippen LogP contribution in [0.2, 0.25) is 0 Å². The van der Waals surface area contributed by atoms with Gasteiger partial charge in [0.2, 0.25) is 0 Å². The normalized spacial score (nSPS) is 33.2. The third-order valence-electron chi connectivity index (χ3n) is 4.22. The Hall–Kier alpha value is -1.30. The van der Waals surface area contributed by atoms with E-state index in [0.29, 0.717) is 11.8 Å². The van der Waals surface area contributed by atoms with E-state index in [9.17, 15) is 0 Å². The van der Waals surface area contributed by atoms with Gasteiger partial charge in [-0.1, -0.05) is 67.5 Å². The van der Waals surface area contributed by atoms with Gasteiger partial charge in [-0.3, -0.25) is 0 Å². The maximum atomic E-state index is 4.21. The molecule has 0 bridgehead atoms. The highest BCUT2D eigenvalue weighted by Gasteiger charge is 2.17. The van der Waals surface area contributed by atoms with Crippen molar-refractivity contribution >= 4 is 0 Å². The van der Waals surface area contributed by atoms with Crippen molar-refractivity contribution in [2.45, 2.75) is 46.5 Å². The molecule has 0 saturated heterocycles. The van der Waals surface area contributed by atoms with Gasteiger partial charge in [-0.15, -0.1) is 0 Å². The molecule has 0 fully saturated rings. The minimum absolute atomic E-state index is 0.619. The van der Waals surface area contributed by atoms with Crippen molar-refractivity contribution < 1.29 is 0 Å². The molecular weight excluding hydrogens is 228 g/mol. The van der Waals surface area contributed by atoms with Crippen LogP contribution in [0.15, 0.2) is 59.3 Å². The highest BCUT2D eigenvalue weighted by atomic mass is 14.2. The van der Waals surface area contributed by atoms with Gasteiger partial charge >= 0.3 is 0 Å². The lowest BCUT2D eigenvalue weighted by Crippen LogP contribution is -2.04. The maximum absolute atomic E-state index is 4.21. The molecule has 0 aromatic rings. The molecule has 2 rings (SSSR count). The lowest BCUT2D eigenvalue weighted by molar-refractivity contribution is 0.582. The van der Waals surface area contributed by atoms with E-state index in [1.165, 1.54) is 29.6 Å². The molecule has 2 aliphatic rings. The van der Waals surface area contributed by atoms with E-state index >= 15 is 0 Å². The van der Waals surface area contributed by atoms with E-state index in [4.69, 9.17) is 0 Å². The second kappa shape index (κ2) is 6.23. The van der Waals surface area contributed by atoms with Crippen molar-refractivity contribution in [3.63, 3.8) is 0 Å². The smallest absolute Gasteiger partial charge is 0.00947 e. The Kier molecular flexibility index (Phi) is 4.63. The fourth-order valence-corrected chi connectivity index (χ4v) is 3.11. The fraction of sp³-hybridized carbons (Fsp3) is 0.474. The van der Waals surface area contributed by atoms with Crippen LogP contribution in [0.5, 0.6) is 0 Å². The van der Waals surface area contributed by atoms with Crippen molar-refractivity contribution in [3.8, 4) is 0 Å². The van der Waals surface area contributed by atoms with Crippen molar-refractivity contribution in [2.24, 2.45) is 11.8 Å². The zero-order valence-electron chi connectivity index (χ0n) is 12.6. The lowest BCUT2D eigenvalue weighted by atomic mass is 9.85. The molecule has 0 spiro atoms. The lowest BCUT2D eigenvalue weighted by Gasteiger charge is -2.20. The predicted octanol–water partition coefficient (Wildman–Crippen LogP) is 5.76. The molecule has 0 radical (unpaired) electrons. The first-order chi connectivity index (χ1) is 9.06. The molecule has 0 saturated carbocycles. The van der Waals surface area contributed by atoms with Gasteiger partial charge in [0.1, 0.15) is 0 Å². The number of hydrogen-bond acceptors (Lipinski definition) is 0. The van der Waals surface area contributed by atoms with E-state index < -0.39 is 0 Å². The van der Waals surface area contributed by atoms with Crippen LogP contribution in [-0.4, -0.2) is 0 Å². The van der Waals surface area contributed by atoms with Crippen LogP contribution in [0.3, 0.4) is 0 Å². The summed E-state index contributed by atoms with van der Waals surface area (Å²) in [6.45, 7) is 11.1. The maximum Gasteiger partial charge on any atom is -0.00947 e. The third-order valence-corrected chi connectivity index (χ3v) is 4.22. The van der Waals surface area contributed by atoms with Gasteiger partial charge in [-0.2, -0.15) is 0 Å². The molecule has 0 aromatic heterocycles. The highest BCUT2D eigenvalue weighted by Crippen LogP contribution is 2.33. The summed E-state index contributed by atoms with van der Waals surface area (Å²) in [5.41, 5.74) is 5.76. The fourth-order valence-electron chi connectivity index (χ4n) is 3.11. The van der Waals surface area contributed by atoms with E-state index in [2.05, 4.69) is 57.7 Å². The van der Waals surface area contributed by atoms with Crippen molar-refractivity contribution in [1.82, 2.24) is 0 Å². The Morgan fingerprint density at radius 2 is 2.00 bits per heavy atom. The Morgan fingerprint density at radius 1 is 1.21 bits per heavy atom. The van der Waals surface area contributed by atoms with Crippen LogP contribution in [0, 0.1) is 11.8 Å². The first-order valence-electron chi connectivity index (χ1n) is 7.49. The van der Waals surface area contributed by atoms with Crippen LogP contribution < -0.4 is 0 Å². The molecule has 19 heavy (non-hydrogen) atoms. The summed E-state index contributed by atoms with van der Waals surface area (Å²) in [4.78, 5) is 0. The minimum Gasteiger partial charge on any atom is -0.0958 e.